The summed E-state index contributed by atoms with van der Waals surface area (Å²) in [5.74, 6) is 0.455. The van der Waals surface area contributed by atoms with Crippen molar-refractivity contribution in [1.82, 2.24) is 19.7 Å². The standard InChI is InChI=1S/C21H18FN5OS2/c1-13-5-3-4-6-18(13)27-14(2)25-26-21(27)30-12-19(28)24-20-23-17(11-29-20)15-7-9-16(22)10-8-15/h3-11H,12H2,1-2H3,(H,23,24,28). The molecule has 2 heterocycles. The number of aryl methyl sites for hydroxylation is 2. The molecule has 1 amide bonds. The number of rotatable bonds is 6. The van der Waals surface area contributed by atoms with Crippen LogP contribution in [0.15, 0.2) is 59.1 Å². The van der Waals surface area contributed by atoms with Crippen LogP contribution in [0.5, 0.6) is 0 Å². The molecule has 0 saturated carbocycles. The first-order chi connectivity index (χ1) is 14.5. The lowest BCUT2D eigenvalue weighted by Gasteiger charge is -2.10. The Kier molecular flexibility index (Phi) is 5.91. The fourth-order valence-electron chi connectivity index (χ4n) is 2.90. The Bertz CT molecular complexity index is 1190. The van der Waals surface area contributed by atoms with E-state index in [1.54, 1.807) is 12.1 Å². The lowest BCUT2D eigenvalue weighted by Crippen LogP contribution is -2.14. The maximum absolute atomic E-state index is 13.1. The van der Waals surface area contributed by atoms with Gasteiger partial charge in [-0.15, -0.1) is 21.5 Å². The number of carbonyl (C=O) groups is 1. The Morgan fingerprint density at radius 1 is 1.13 bits per heavy atom. The first-order valence-electron chi connectivity index (χ1n) is 9.13. The van der Waals surface area contributed by atoms with E-state index >= 15 is 0 Å². The molecule has 4 aromatic rings. The summed E-state index contributed by atoms with van der Waals surface area (Å²) in [5.41, 5.74) is 3.58. The molecule has 0 radical (unpaired) electrons. The maximum Gasteiger partial charge on any atom is 0.236 e. The van der Waals surface area contributed by atoms with Crippen molar-refractivity contribution in [2.45, 2.75) is 19.0 Å². The fraction of sp³-hybridized carbons (Fsp3) is 0.143. The number of amides is 1. The predicted molar refractivity (Wildman–Crippen MR) is 118 cm³/mol. The predicted octanol–water partition coefficient (Wildman–Crippen LogP) is 4.88. The summed E-state index contributed by atoms with van der Waals surface area (Å²) < 4.78 is 15.0. The molecule has 0 aliphatic rings. The van der Waals surface area contributed by atoms with Gasteiger partial charge in [0.05, 0.1) is 17.1 Å². The number of nitrogens with zero attached hydrogens (tertiary/aromatic N) is 4. The molecule has 0 bridgehead atoms. The molecule has 0 saturated heterocycles. The van der Waals surface area contributed by atoms with E-state index < -0.39 is 0 Å². The van der Waals surface area contributed by atoms with Crippen LogP contribution in [-0.2, 0) is 4.79 Å². The molecule has 0 unspecified atom stereocenters. The van der Waals surface area contributed by atoms with E-state index in [1.807, 2.05) is 48.1 Å². The molecule has 1 N–H and O–H groups in total. The summed E-state index contributed by atoms with van der Waals surface area (Å²) >= 11 is 2.64. The molecule has 2 aromatic heterocycles. The zero-order valence-corrected chi connectivity index (χ0v) is 17.9. The second-order valence-electron chi connectivity index (χ2n) is 6.53. The zero-order valence-electron chi connectivity index (χ0n) is 16.3. The third kappa shape index (κ3) is 4.42. The van der Waals surface area contributed by atoms with Gasteiger partial charge in [-0.2, -0.15) is 0 Å². The van der Waals surface area contributed by atoms with Crippen molar-refractivity contribution in [2.24, 2.45) is 0 Å². The summed E-state index contributed by atoms with van der Waals surface area (Å²) in [6.45, 7) is 3.91. The number of carbonyl (C=O) groups excluding carboxylic acids is 1. The van der Waals surface area contributed by atoms with Gasteiger partial charge >= 0.3 is 0 Å². The average molecular weight is 440 g/mol. The number of para-hydroxylation sites is 1. The van der Waals surface area contributed by atoms with Gasteiger partial charge < -0.3 is 5.32 Å². The van der Waals surface area contributed by atoms with Crippen molar-refractivity contribution in [2.75, 3.05) is 11.1 Å². The summed E-state index contributed by atoms with van der Waals surface area (Å²) in [7, 11) is 0. The van der Waals surface area contributed by atoms with Crippen LogP contribution in [0.3, 0.4) is 0 Å². The first-order valence-corrected chi connectivity index (χ1v) is 11.0. The van der Waals surface area contributed by atoms with E-state index in [-0.39, 0.29) is 17.5 Å². The summed E-state index contributed by atoms with van der Waals surface area (Å²) in [6.07, 6.45) is 0. The molecule has 0 aliphatic heterocycles. The van der Waals surface area contributed by atoms with Gasteiger partial charge in [0.2, 0.25) is 5.91 Å². The molecule has 152 valence electrons. The van der Waals surface area contributed by atoms with Crippen molar-refractivity contribution >= 4 is 34.1 Å². The summed E-state index contributed by atoms with van der Waals surface area (Å²) in [5, 5.41) is 14.2. The monoisotopic (exact) mass is 439 g/mol. The highest BCUT2D eigenvalue weighted by Gasteiger charge is 2.15. The summed E-state index contributed by atoms with van der Waals surface area (Å²) in [6, 6.07) is 14.1. The van der Waals surface area contributed by atoms with Crippen LogP contribution < -0.4 is 5.32 Å². The van der Waals surface area contributed by atoms with Crippen LogP contribution in [0.4, 0.5) is 9.52 Å². The zero-order chi connectivity index (χ0) is 21.1. The van der Waals surface area contributed by atoms with Crippen molar-refractivity contribution < 1.29 is 9.18 Å². The van der Waals surface area contributed by atoms with Crippen LogP contribution >= 0.6 is 23.1 Å². The number of thioether (sulfide) groups is 1. The smallest absolute Gasteiger partial charge is 0.236 e. The second kappa shape index (κ2) is 8.76. The SMILES string of the molecule is Cc1ccccc1-n1c(C)nnc1SCC(=O)Nc1nc(-c2ccc(F)cc2)cs1. The number of benzene rings is 2. The Balaban J connectivity index is 1.42. The van der Waals surface area contributed by atoms with Crippen LogP contribution in [0, 0.1) is 19.7 Å². The number of halogens is 1. The van der Waals surface area contributed by atoms with Crippen molar-refractivity contribution in [3.63, 3.8) is 0 Å². The Labute approximate surface area is 181 Å². The van der Waals surface area contributed by atoms with Crippen molar-refractivity contribution in [3.8, 4) is 16.9 Å². The van der Waals surface area contributed by atoms with Crippen molar-refractivity contribution in [3.05, 3.63) is 71.1 Å². The van der Waals surface area contributed by atoms with E-state index in [0.29, 0.717) is 16.0 Å². The van der Waals surface area contributed by atoms with Gasteiger partial charge in [-0.25, -0.2) is 9.37 Å². The van der Waals surface area contributed by atoms with Gasteiger partial charge in [0.15, 0.2) is 10.3 Å². The average Bonchev–Trinajstić information content (AvgIpc) is 3.34. The van der Waals surface area contributed by atoms with E-state index in [2.05, 4.69) is 20.5 Å². The van der Waals surface area contributed by atoms with Gasteiger partial charge in [-0.05, 0) is 49.7 Å². The number of thiazole rings is 1. The van der Waals surface area contributed by atoms with E-state index in [0.717, 1.165) is 22.6 Å². The van der Waals surface area contributed by atoms with Crippen molar-refractivity contribution in [1.29, 1.82) is 0 Å². The van der Waals surface area contributed by atoms with Gasteiger partial charge in [0.25, 0.3) is 0 Å². The van der Waals surface area contributed by atoms with Gasteiger partial charge in [-0.3, -0.25) is 9.36 Å². The molecule has 0 spiro atoms. The minimum atomic E-state index is -0.298. The molecule has 9 heteroatoms. The van der Waals surface area contributed by atoms with Crippen LogP contribution in [0.25, 0.3) is 16.9 Å². The molecule has 0 atom stereocenters. The molecule has 6 nitrogen and oxygen atoms in total. The Morgan fingerprint density at radius 3 is 2.67 bits per heavy atom. The minimum Gasteiger partial charge on any atom is -0.301 e. The fourth-order valence-corrected chi connectivity index (χ4v) is 4.42. The topological polar surface area (TPSA) is 72.7 Å². The van der Waals surface area contributed by atoms with E-state index in [9.17, 15) is 9.18 Å². The maximum atomic E-state index is 13.1. The molecular formula is C21H18FN5OS2. The number of aromatic nitrogens is 4. The molecule has 30 heavy (non-hydrogen) atoms. The van der Waals surface area contributed by atoms with Crippen LogP contribution in [0.1, 0.15) is 11.4 Å². The number of hydrogen-bond acceptors (Lipinski definition) is 6. The highest BCUT2D eigenvalue weighted by atomic mass is 32.2. The molecule has 2 aromatic carbocycles. The van der Waals surface area contributed by atoms with Crippen LogP contribution in [0.2, 0.25) is 0 Å². The largest absolute Gasteiger partial charge is 0.301 e. The number of hydrogen-bond donors (Lipinski definition) is 1. The van der Waals surface area contributed by atoms with Gasteiger partial charge in [0.1, 0.15) is 11.6 Å². The molecule has 4 rings (SSSR count). The highest BCUT2D eigenvalue weighted by Crippen LogP contribution is 2.26. The third-order valence-corrected chi connectivity index (χ3v) is 6.06. The highest BCUT2D eigenvalue weighted by molar-refractivity contribution is 7.99. The van der Waals surface area contributed by atoms with E-state index in [1.165, 1.54) is 35.2 Å². The summed E-state index contributed by atoms with van der Waals surface area (Å²) in [4.78, 5) is 16.8. The number of nitrogens with one attached hydrogen (secondary N) is 1. The second-order valence-corrected chi connectivity index (χ2v) is 8.33. The van der Waals surface area contributed by atoms with Gasteiger partial charge in [-0.1, -0.05) is 30.0 Å². The molecule has 0 aliphatic carbocycles. The van der Waals surface area contributed by atoms with Crippen LogP contribution in [-0.4, -0.2) is 31.4 Å². The first kappa shape index (κ1) is 20.2. The Hall–Kier alpha value is -3.04. The lowest BCUT2D eigenvalue weighted by molar-refractivity contribution is -0.113. The quantitative estimate of drug-likeness (QED) is 0.434. The Morgan fingerprint density at radius 2 is 1.90 bits per heavy atom. The third-order valence-electron chi connectivity index (χ3n) is 4.37. The normalized spacial score (nSPS) is 10.9. The minimum absolute atomic E-state index is 0.176. The number of anilines is 1. The van der Waals surface area contributed by atoms with E-state index in [4.69, 9.17) is 0 Å². The van der Waals surface area contributed by atoms with Gasteiger partial charge in [0, 0.05) is 10.9 Å². The molecule has 0 fully saturated rings. The molecular weight excluding hydrogens is 421 g/mol. The lowest BCUT2D eigenvalue weighted by atomic mass is 10.2.